The van der Waals surface area contributed by atoms with E-state index in [0.717, 1.165) is 28.6 Å². The number of para-hydroxylation sites is 2. The number of amides is 3. The van der Waals surface area contributed by atoms with E-state index in [9.17, 15) is 23.6 Å². The third kappa shape index (κ3) is 4.67. The maximum atomic E-state index is 13.9. The molecule has 1 aliphatic rings. The van der Waals surface area contributed by atoms with Gasteiger partial charge in [0.25, 0.3) is 11.1 Å². The van der Waals surface area contributed by atoms with Crippen molar-refractivity contribution in [3.05, 3.63) is 75.3 Å². The van der Waals surface area contributed by atoms with Crippen molar-refractivity contribution in [2.45, 2.75) is 26.4 Å². The number of thioether (sulfide) groups is 1. The van der Waals surface area contributed by atoms with Gasteiger partial charge in [-0.05, 0) is 42.5 Å². The normalized spacial score (nSPS) is 15.0. The summed E-state index contributed by atoms with van der Waals surface area (Å²) in [4.78, 5) is 51.3. The minimum absolute atomic E-state index is 0.0302. The van der Waals surface area contributed by atoms with Crippen molar-refractivity contribution < 1.29 is 18.8 Å². The van der Waals surface area contributed by atoms with Gasteiger partial charge in [-0.25, -0.2) is 9.18 Å². The zero-order chi connectivity index (χ0) is 24.2. The van der Waals surface area contributed by atoms with Crippen LogP contribution in [0.1, 0.15) is 18.9 Å². The van der Waals surface area contributed by atoms with Gasteiger partial charge in [-0.2, -0.15) is 0 Å². The Kier molecular flexibility index (Phi) is 6.97. The smallest absolute Gasteiger partial charge is 0.329 e. The Morgan fingerprint density at radius 3 is 2.38 bits per heavy atom. The van der Waals surface area contributed by atoms with E-state index in [0.29, 0.717) is 12.1 Å². The van der Waals surface area contributed by atoms with Crippen LogP contribution in [-0.4, -0.2) is 44.2 Å². The molecule has 8 nitrogen and oxygen atoms in total. The molecule has 0 aliphatic carbocycles. The van der Waals surface area contributed by atoms with Crippen LogP contribution >= 0.6 is 11.8 Å². The molecule has 0 atom stereocenters. The zero-order valence-electron chi connectivity index (χ0n) is 18.5. The highest BCUT2D eigenvalue weighted by Gasteiger charge is 2.34. The van der Waals surface area contributed by atoms with Crippen LogP contribution in [0.3, 0.4) is 0 Å². The molecule has 0 spiro atoms. The average molecular weight is 483 g/mol. The Labute approximate surface area is 199 Å². The van der Waals surface area contributed by atoms with Crippen LogP contribution in [0.4, 0.5) is 9.18 Å². The lowest BCUT2D eigenvalue weighted by atomic mass is 10.2. The lowest BCUT2D eigenvalue weighted by Crippen LogP contribution is -2.39. The summed E-state index contributed by atoms with van der Waals surface area (Å²) in [5, 5.41) is 2.18. The van der Waals surface area contributed by atoms with Crippen LogP contribution in [0, 0.1) is 5.82 Å². The lowest BCUT2D eigenvalue weighted by molar-refractivity contribution is -0.124. The fourth-order valence-electron chi connectivity index (χ4n) is 3.80. The van der Waals surface area contributed by atoms with Crippen LogP contribution in [0.25, 0.3) is 17.1 Å². The van der Waals surface area contributed by atoms with Crippen molar-refractivity contribution in [1.29, 1.82) is 0 Å². The summed E-state index contributed by atoms with van der Waals surface area (Å²) in [5.74, 6) is -1.43. The summed E-state index contributed by atoms with van der Waals surface area (Å²) >= 11 is 0.728. The van der Waals surface area contributed by atoms with Gasteiger partial charge in [-0.1, -0.05) is 37.3 Å². The second kappa shape index (κ2) is 10.1. The van der Waals surface area contributed by atoms with Gasteiger partial charge in [0.05, 0.1) is 15.9 Å². The van der Waals surface area contributed by atoms with E-state index >= 15 is 0 Å². The highest BCUT2D eigenvalue weighted by molar-refractivity contribution is 8.18. The summed E-state index contributed by atoms with van der Waals surface area (Å²) in [6, 6.07) is 13.3. The zero-order valence-corrected chi connectivity index (χ0v) is 19.3. The minimum Gasteiger partial charge on any atom is -0.353 e. The van der Waals surface area contributed by atoms with Crippen molar-refractivity contribution in [3.63, 3.8) is 0 Å². The molecule has 1 N–H and O–H groups in total. The highest BCUT2D eigenvalue weighted by Crippen LogP contribution is 2.32. The number of carbonyl (C=O) groups is 3. The molecule has 1 aromatic heterocycles. The van der Waals surface area contributed by atoms with E-state index in [1.807, 2.05) is 19.1 Å². The Hall–Kier alpha value is -3.66. The third-order valence-electron chi connectivity index (χ3n) is 5.40. The second-order valence-electron chi connectivity index (χ2n) is 7.71. The molecule has 3 aromatic rings. The summed E-state index contributed by atoms with van der Waals surface area (Å²) in [6.45, 7) is 2.35. The molecule has 34 heavy (non-hydrogen) atoms. The number of hydrogen-bond acceptors (Lipinski definition) is 5. The molecule has 2 heterocycles. The number of fused-ring (bicyclic) bond motifs is 1. The van der Waals surface area contributed by atoms with Crippen molar-refractivity contribution in [3.8, 4) is 0 Å². The topological polar surface area (TPSA) is 93.4 Å². The first kappa shape index (κ1) is 23.5. The van der Waals surface area contributed by atoms with Crippen molar-refractivity contribution >= 4 is 45.9 Å². The van der Waals surface area contributed by atoms with Gasteiger partial charge in [0.1, 0.15) is 12.4 Å². The number of rotatable bonds is 8. The quantitative estimate of drug-likeness (QED) is 0.498. The molecular weight excluding hydrogens is 459 g/mol. The largest absolute Gasteiger partial charge is 0.353 e. The van der Waals surface area contributed by atoms with Crippen LogP contribution < -0.4 is 11.0 Å². The molecule has 1 fully saturated rings. The van der Waals surface area contributed by atoms with Crippen molar-refractivity contribution in [1.82, 2.24) is 19.4 Å². The molecule has 4 rings (SSSR count). The van der Waals surface area contributed by atoms with E-state index in [2.05, 4.69) is 5.32 Å². The maximum absolute atomic E-state index is 13.9. The van der Waals surface area contributed by atoms with Crippen LogP contribution in [0.2, 0.25) is 0 Å². The molecule has 1 aliphatic heterocycles. The van der Waals surface area contributed by atoms with E-state index in [1.54, 1.807) is 22.8 Å². The number of aromatic nitrogens is 2. The second-order valence-corrected chi connectivity index (χ2v) is 8.71. The number of halogens is 1. The van der Waals surface area contributed by atoms with Gasteiger partial charge in [0, 0.05) is 25.2 Å². The van der Waals surface area contributed by atoms with E-state index in [4.69, 9.17) is 0 Å². The number of aryl methyl sites for hydroxylation is 1. The van der Waals surface area contributed by atoms with Gasteiger partial charge >= 0.3 is 5.69 Å². The summed E-state index contributed by atoms with van der Waals surface area (Å²) < 4.78 is 16.9. The first-order valence-corrected chi connectivity index (χ1v) is 11.7. The Balaban J connectivity index is 1.39. The van der Waals surface area contributed by atoms with Gasteiger partial charge in [-0.3, -0.25) is 28.4 Å². The van der Waals surface area contributed by atoms with Gasteiger partial charge in [-0.15, -0.1) is 0 Å². The molecule has 0 bridgehead atoms. The highest BCUT2D eigenvalue weighted by atomic mass is 32.2. The monoisotopic (exact) mass is 482 g/mol. The number of nitrogens with one attached hydrogen (secondary N) is 1. The van der Waals surface area contributed by atoms with Gasteiger partial charge < -0.3 is 5.32 Å². The lowest BCUT2D eigenvalue weighted by Gasteiger charge is -2.13. The molecule has 0 saturated carbocycles. The number of hydrogen-bond donors (Lipinski definition) is 1. The molecule has 3 amide bonds. The van der Waals surface area contributed by atoms with E-state index in [1.165, 1.54) is 28.8 Å². The Morgan fingerprint density at radius 1 is 1.00 bits per heavy atom. The van der Waals surface area contributed by atoms with Gasteiger partial charge in [0.2, 0.25) is 5.91 Å². The molecule has 0 unspecified atom stereocenters. The number of imide groups is 1. The predicted molar refractivity (Wildman–Crippen MR) is 129 cm³/mol. The van der Waals surface area contributed by atoms with Crippen LogP contribution in [0.15, 0.2) is 58.2 Å². The molecule has 10 heteroatoms. The Morgan fingerprint density at radius 2 is 1.68 bits per heavy atom. The van der Waals surface area contributed by atoms with Crippen molar-refractivity contribution in [2.24, 2.45) is 0 Å². The SMILES string of the molecule is CCCn1c(=O)n(CC(=O)NCCN2C(=O)SC(=Cc3ccccc3F)C2=O)c2ccccc21. The third-order valence-corrected chi connectivity index (χ3v) is 6.30. The van der Waals surface area contributed by atoms with Crippen LogP contribution in [0.5, 0.6) is 0 Å². The Bertz CT molecular complexity index is 1360. The maximum Gasteiger partial charge on any atom is 0.329 e. The summed E-state index contributed by atoms with van der Waals surface area (Å²) in [6.07, 6.45) is 2.13. The number of benzene rings is 2. The van der Waals surface area contributed by atoms with E-state index in [-0.39, 0.29) is 35.8 Å². The fraction of sp³-hybridized carbons (Fsp3) is 0.250. The first-order valence-electron chi connectivity index (χ1n) is 10.9. The fourth-order valence-corrected chi connectivity index (χ4v) is 4.65. The molecule has 1 saturated heterocycles. The van der Waals surface area contributed by atoms with E-state index < -0.39 is 22.9 Å². The van der Waals surface area contributed by atoms with Crippen molar-refractivity contribution in [2.75, 3.05) is 13.1 Å². The number of nitrogens with zero attached hydrogens (tertiary/aromatic N) is 3. The summed E-state index contributed by atoms with van der Waals surface area (Å²) in [7, 11) is 0. The standard InChI is InChI=1S/C24H23FN4O4S/c1-2-12-27-18-9-5-6-10-19(18)29(23(27)32)15-21(30)26-11-13-28-22(31)20(34-24(28)33)14-16-7-3-4-8-17(16)25/h3-10,14H,2,11-13,15H2,1H3,(H,26,30). The average Bonchev–Trinajstić information content (AvgIpc) is 3.24. The molecular formula is C24H23FN4O4S. The van der Waals surface area contributed by atoms with Crippen LogP contribution in [-0.2, 0) is 22.7 Å². The minimum atomic E-state index is -0.536. The molecule has 2 aromatic carbocycles. The number of imidazole rings is 1. The molecule has 0 radical (unpaired) electrons. The van der Waals surface area contributed by atoms with Gasteiger partial charge in [0.15, 0.2) is 0 Å². The summed E-state index contributed by atoms with van der Waals surface area (Å²) in [5.41, 5.74) is 1.39. The first-order chi connectivity index (χ1) is 16.4. The predicted octanol–water partition coefficient (Wildman–Crippen LogP) is 3.20. The molecule has 176 valence electrons. The number of carbonyl (C=O) groups excluding carboxylic acids is 3.